The van der Waals surface area contributed by atoms with Crippen molar-refractivity contribution in [3.8, 4) is 0 Å². The van der Waals surface area contributed by atoms with Crippen molar-refractivity contribution in [3.63, 3.8) is 0 Å². The first-order valence-electron chi connectivity index (χ1n) is 6.96. The van der Waals surface area contributed by atoms with E-state index in [-0.39, 0.29) is 0 Å². The topological polar surface area (TPSA) is 63.4 Å². The molecule has 2 rings (SSSR count). The predicted octanol–water partition coefficient (Wildman–Crippen LogP) is 3.62. The Morgan fingerprint density at radius 1 is 0.552 bits per heavy atom. The molecular weight excluding hydrogens is 430 g/mol. The van der Waals surface area contributed by atoms with E-state index in [1.54, 1.807) is 0 Å². The van der Waals surface area contributed by atoms with Crippen LogP contribution < -0.4 is 10.6 Å². The monoisotopic (exact) mass is 434 g/mol. The molecule has 2 amide bonds. The number of benzene rings is 2. The highest BCUT2D eigenvalue weighted by molar-refractivity contribution is 6.09. The molecule has 0 saturated heterocycles. The van der Waals surface area contributed by atoms with Gasteiger partial charge >= 0.3 is 0 Å². The highest BCUT2D eigenvalue weighted by atomic mass is 19.2. The molecular formula is C15H4F10N2O2. The van der Waals surface area contributed by atoms with Crippen LogP contribution in [0.3, 0.4) is 0 Å². The molecule has 2 aromatic rings. The van der Waals surface area contributed by atoms with E-state index in [9.17, 15) is 53.5 Å². The van der Waals surface area contributed by atoms with Crippen molar-refractivity contribution in [2.75, 3.05) is 4.90 Å². The molecule has 2 aromatic carbocycles. The van der Waals surface area contributed by atoms with E-state index < -0.39 is 92.7 Å². The van der Waals surface area contributed by atoms with Crippen LogP contribution in [-0.2, 0) is 9.59 Å². The minimum Gasteiger partial charge on any atom is -0.369 e. The fraction of sp³-hybridized carbons (Fsp3) is 0.0667. The van der Waals surface area contributed by atoms with E-state index in [1.165, 1.54) is 0 Å². The zero-order chi connectivity index (χ0) is 22.4. The maximum Gasteiger partial charge on any atom is 0.241 e. The van der Waals surface area contributed by atoms with Crippen LogP contribution in [0.2, 0.25) is 0 Å². The number of carbonyl (C=O) groups is 2. The fourth-order valence-corrected chi connectivity index (χ4v) is 2.17. The van der Waals surface area contributed by atoms with Crippen molar-refractivity contribution in [1.82, 2.24) is 0 Å². The Morgan fingerprint density at radius 2 is 0.793 bits per heavy atom. The van der Waals surface area contributed by atoms with Gasteiger partial charge in [-0.3, -0.25) is 14.5 Å². The predicted molar refractivity (Wildman–Crippen MR) is 73.4 cm³/mol. The summed E-state index contributed by atoms with van der Waals surface area (Å²) in [6.45, 7) is 0. The number of hydrogen-bond acceptors (Lipinski definition) is 2. The second kappa shape index (κ2) is 7.60. The molecule has 0 bridgehead atoms. The van der Waals surface area contributed by atoms with Crippen molar-refractivity contribution < 1.29 is 53.5 Å². The summed E-state index contributed by atoms with van der Waals surface area (Å²) < 4.78 is 136. The summed E-state index contributed by atoms with van der Waals surface area (Å²) in [5.74, 6) is -31.6. The molecule has 0 unspecified atom stereocenters. The average molecular weight is 434 g/mol. The smallest absolute Gasteiger partial charge is 0.241 e. The molecule has 0 saturated carbocycles. The second-order valence-corrected chi connectivity index (χ2v) is 5.21. The SMILES string of the molecule is NC(=O)CC(=O)N(c1c(F)c(F)c(F)c(F)c1F)c1c(F)c(F)c(F)c(F)c1F. The van der Waals surface area contributed by atoms with Crippen molar-refractivity contribution >= 4 is 23.2 Å². The first-order valence-corrected chi connectivity index (χ1v) is 6.96. The van der Waals surface area contributed by atoms with E-state index in [0.717, 1.165) is 0 Å². The van der Waals surface area contributed by atoms with Crippen LogP contribution in [0.5, 0.6) is 0 Å². The van der Waals surface area contributed by atoms with Crippen LogP contribution >= 0.6 is 0 Å². The summed E-state index contributed by atoms with van der Waals surface area (Å²) in [6.07, 6.45) is -1.67. The number of nitrogens with two attached hydrogens (primary N) is 1. The van der Waals surface area contributed by atoms with Gasteiger partial charge in [-0.25, -0.2) is 43.9 Å². The Kier molecular flexibility index (Phi) is 5.76. The molecule has 0 heterocycles. The lowest BCUT2D eigenvalue weighted by Crippen LogP contribution is -2.34. The normalized spacial score (nSPS) is 11.0. The molecule has 0 fully saturated rings. The largest absolute Gasteiger partial charge is 0.369 e. The van der Waals surface area contributed by atoms with Crippen LogP contribution in [0.4, 0.5) is 55.3 Å². The van der Waals surface area contributed by atoms with E-state index in [4.69, 9.17) is 0 Å². The molecule has 156 valence electrons. The molecule has 2 N–H and O–H groups in total. The average Bonchev–Trinajstić information content (AvgIpc) is 2.66. The molecule has 0 aliphatic carbocycles. The van der Waals surface area contributed by atoms with Gasteiger partial charge in [0.15, 0.2) is 46.5 Å². The maximum atomic E-state index is 14.0. The number of nitrogens with zero attached hydrogens (tertiary/aromatic N) is 1. The Balaban J connectivity index is 3.01. The van der Waals surface area contributed by atoms with E-state index in [1.807, 2.05) is 0 Å². The number of carbonyl (C=O) groups excluding carboxylic acids is 2. The maximum absolute atomic E-state index is 14.0. The molecule has 0 radical (unpaired) electrons. The summed E-state index contributed by atoms with van der Waals surface area (Å²) in [5.41, 5.74) is -0.156. The van der Waals surface area contributed by atoms with Gasteiger partial charge in [-0.2, -0.15) is 0 Å². The van der Waals surface area contributed by atoms with Crippen LogP contribution in [0.1, 0.15) is 6.42 Å². The molecule has 0 aliphatic rings. The van der Waals surface area contributed by atoms with Crippen LogP contribution in [0, 0.1) is 58.2 Å². The lowest BCUT2D eigenvalue weighted by molar-refractivity contribution is -0.125. The van der Waals surface area contributed by atoms with Crippen molar-refractivity contribution in [3.05, 3.63) is 58.2 Å². The van der Waals surface area contributed by atoms with Gasteiger partial charge in [0.25, 0.3) is 0 Å². The zero-order valence-corrected chi connectivity index (χ0v) is 13.3. The van der Waals surface area contributed by atoms with E-state index in [0.29, 0.717) is 0 Å². The third kappa shape index (κ3) is 3.45. The van der Waals surface area contributed by atoms with Gasteiger partial charge in [-0.1, -0.05) is 0 Å². The minimum atomic E-state index is -2.79. The Hall–Kier alpha value is -3.32. The lowest BCUT2D eigenvalue weighted by Gasteiger charge is -2.25. The zero-order valence-electron chi connectivity index (χ0n) is 13.3. The Morgan fingerprint density at radius 3 is 1.03 bits per heavy atom. The first kappa shape index (κ1) is 22.0. The van der Waals surface area contributed by atoms with Gasteiger partial charge < -0.3 is 5.73 Å². The number of hydrogen-bond donors (Lipinski definition) is 1. The molecule has 0 atom stereocenters. The summed E-state index contributed by atoms with van der Waals surface area (Å²) in [6, 6.07) is 0. The summed E-state index contributed by atoms with van der Waals surface area (Å²) in [7, 11) is 0. The molecule has 0 aromatic heterocycles. The number of halogens is 10. The van der Waals surface area contributed by atoms with Crippen LogP contribution in [0.25, 0.3) is 0 Å². The van der Waals surface area contributed by atoms with Crippen LogP contribution in [-0.4, -0.2) is 11.8 Å². The van der Waals surface area contributed by atoms with E-state index >= 15 is 0 Å². The van der Waals surface area contributed by atoms with Gasteiger partial charge in [0.1, 0.15) is 17.8 Å². The highest BCUT2D eigenvalue weighted by Crippen LogP contribution is 2.39. The molecule has 14 heteroatoms. The fourth-order valence-electron chi connectivity index (χ4n) is 2.17. The molecule has 4 nitrogen and oxygen atoms in total. The third-order valence-corrected chi connectivity index (χ3v) is 3.40. The van der Waals surface area contributed by atoms with Gasteiger partial charge in [0, 0.05) is 0 Å². The van der Waals surface area contributed by atoms with E-state index in [2.05, 4.69) is 5.73 Å². The van der Waals surface area contributed by atoms with Gasteiger partial charge in [0.05, 0.1) is 0 Å². The van der Waals surface area contributed by atoms with Crippen molar-refractivity contribution in [1.29, 1.82) is 0 Å². The van der Waals surface area contributed by atoms with Gasteiger partial charge in [-0.15, -0.1) is 0 Å². The molecule has 0 aliphatic heterocycles. The van der Waals surface area contributed by atoms with Crippen molar-refractivity contribution in [2.45, 2.75) is 6.42 Å². The molecule has 29 heavy (non-hydrogen) atoms. The number of rotatable bonds is 4. The minimum absolute atomic E-state index is 1.04. The highest BCUT2D eigenvalue weighted by Gasteiger charge is 2.38. The Bertz CT molecular complexity index is 929. The number of primary amides is 1. The summed E-state index contributed by atoms with van der Waals surface area (Å²) in [4.78, 5) is 21.9. The van der Waals surface area contributed by atoms with Crippen molar-refractivity contribution in [2.24, 2.45) is 5.73 Å². The quantitative estimate of drug-likeness (QED) is 0.346. The second-order valence-electron chi connectivity index (χ2n) is 5.21. The lowest BCUT2D eigenvalue weighted by atomic mass is 10.1. The standard InChI is InChI=1S/C15H4F10N2O2/c16-4-6(18)10(22)14(11(23)7(4)19)27(3(29)1-2(26)28)15-12(24)8(20)5(17)9(21)13(15)25/h1H2,(H2,26,28). The van der Waals surface area contributed by atoms with Crippen LogP contribution in [0.15, 0.2) is 0 Å². The van der Waals surface area contributed by atoms with Gasteiger partial charge in [-0.05, 0) is 0 Å². The summed E-state index contributed by atoms with van der Waals surface area (Å²) in [5, 5.41) is 0. The van der Waals surface area contributed by atoms with Gasteiger partial charge in [0.2, 0.25) is 23.4 Å². The first-order chi connectivity index (χ1) is 13.3. The number of amides is 2. The molecule has 0 spiro atoms. The third-order valence-electron chi connectivity index (χ3n) is 3.40. The number of anilines is 2. The Labute approximate surface area is 153 Å². The summed E-state index contributed by atoms with van der Waals surface area (Å²) >= 11 is 0.